The van der Waals surface area contributed by atoms with Crippen molar-refractivity contribution in [3.05, 3.63) is 34.4 Å². The van der Waals surface area contributed by atoms with Crippen molar-refractivity contribution in [2.75, 3.05) is 0 Å². The Labute approximate surface area is 106 Å². The van der Waals surface area contributed by atoms with E-state index in [4.69, 9.17) is 5.73 Å². The molecule has 0 aliphatic heterocycles. The number of halogens is 9. The van der Waals surface area contributed by atoms with Gasteiger partial charge < -0.3 is 5.73 Å². The van der Waals surface area contributed by atoms with Gasteiger partial charge in [0.25, 0.3) is 0 Å². The number of alkyl halides is 9. The highest BCUT2D eigenvalue weighted by Crippen LogP contribution is 2.47. The Kier molecular flexibility index (Phi) is 4.01. The molecule has 0 aromatic heterocycles. The van der Waals surface area contributed by atoms with Gasteiger partial charge in [-0.1, -0.05) is 6.07 Å². The average Bonchev–Trinajstić information content (AvgIpc) is 2.23. The first-order chi connectivity index (χ1) is 8.80. The number of hydrogen-bond donors (Lipinski definition) is 1. The van der Waals surface area contributed by atoms with E-state index in [-0.39, 0.29) is 6.07 Å². The molecule has 0 aliphatic rings. The molecule has 0 amide bonds. The van der Waals surface area contributed by atoms with Crippen LogP contribution in [0.3, 0.4) is 0 Å². The second-order valence-corrected chi connectivity index (χ2v) is 3.72. The summed E-state index contributed by atoms with van der Waals surface area (Å²) in [5.41, 5.74) is -3.75. The number of hydrogen-bond acceptors (Lipinski definition) is 1. The van der Waals surface area contributed by atoms with Gasteiger partial charge >= 0.3 is 18.5 Å². The smallest absolute Gasteiger partial charge is 0.326 e. The van der Waals surface area contributed by atoms with Gasteiger partial charge in [-0.25, -0.2) is 0 Å². The zero-order valence-electron chi connectivity index (χ0n) is 9.34. The van der Waals surface area contributed by atoms with Crippen LogP contribution in [0.1, 0.15) is 22.3 Å². The maximum Gasteiger partial charge on any atom is 0.417 e. The van der Waals surface area contributed by atoms with Crippen LogP contribution in [-0.2, 0) is 25.1 Å². The summed E-state index contributed by atoms with van der Waals surface area (Å²) in [5.74, 6) is 0. The standard InChI is InChI=1S/C10H6F9N/c11-8(12,13)5-2-1-4(3-20)6(9(14,15)16)7(5)10(17,18)19/h1-2H,3,20H2. The van der Waals surface area contributed by atoms with E-state index in [1.165, 1.54) is 0 Å². The summed E-state index contributed by atoms with van der Waals surface area (Å²) in [4.78, 5) is 0. The molecule has 20 heavy (non-hydrogen) atoms. The molecule has 2 N–H and O–H groups in total. The lowest BCUT2D eigenvalue weighted by Crippen LogP contribution is -2.25. The third-order valence-electron chi connectivity index (χ3n) is 2.38. The van der Waals surface area contributed by atoms with Crippen molar-refractivity contribution >= 4 is 0 Å². The van der Waals surface area contributed by atoms with Crippen LogP contribution in [0.2, 0.25) is 0 Å². The highest BCUT2D eigenvalue weighted by molar-refractivity contribution is 5.46. The Morgan fingerprint density at radius 3 is 1.45 bits per heavy atom. The molecular formula is C10H6F9N. The summed E-state index contributed by atoms with van der Waals surface area (Å²) in [7, 11) is 0. The van der Waals surface area contributed by atoms with Gasteiger partial charge in [-0.05, 0) is 11.6 Å². The molecule has 0 unspecified atom stereocenters. The van der Waals surface area contributed by atoms with Crippen LogP contribution < -0.4 is 5.73 Å². The van der Waals surface area contributed by atoms with Gasteiger partial charge in [0.05, 0.1) is 16.7 Å². The maximum absolute atomic E-state index is 12.7. The van der Waals surface area contributed by atoms with Gasteiger partial charge in [0.15, 0.2) is 0 Å². The molecule has 0 saturated carbocycles. The number of rotatable bonds is 1. The number of benzene rings is 1. The molecule has 0 bridgehead atoms. The fourth-order valence-electron chi connectivity index (χ4n) is 1.67. The Morgan fingerprint density at radius 2 is 1.15 bits per heavy atom. The first-order valence-electron chi connectivity index (χ1n) is 4.87. The predicted molar refractivity (Wildman–Crippen MR) is 49.3 cm³/mol. The molecule has 0 radical (unpaired) electrons. The molecule has 0 spiro atoms. The van der Waals surface area contributed by atoms with E-state index < -0.39 is 47.3 Å². The van der Waals surface area contributed by atoms with E-state index in [9.17, 15) is 39.5 Å². The molecule has 10 heteroatoms. The van der Waals surface area contributed by atoms with Gasteiger partial charge in [0.1, 0.15) is 0 Å². The maximum atomic E-state index is 12.7. The molecular weight excluding hydrogens is 305 g/mol. The van der Waals surface area contributed by atoms with E-state index in [0.29, 0.717) is 6.07 Å². The third kappa shape index (κ3) is 3.17. The lowest BCUT2D eigenvalue weighted by Gasteiger charge is -2.22. The van der Waals surface area contributed by atoms with Gasteiger partial charge in [0.2, 0.25) is 0 Å². The molecule has 0 saturated heterocycles. The second kappa shape index (κ2) is 4.83. The highest BCUT2D eigenvalue weighted by Gasteiger charge is 2.50. The minimum atomic E-state index is -5.82. The molecule has 0 aliphatic carbocycles. The largest absolute Gasteiger partial charge is 0.417 e. The first-order valence-corrected chi connectivity index (χ1v) is 4.87. The Hall–Kier alpha value is -1.45. The van der Waals surface area contributed by atoms with Crippen molar-refractivity contribution in [2.24, 2.45) is 5.73 Å². The number of nitrogens with two attached hydrogens (primary N) is 1. The van der Waals surface area contributed by atoms with E-state index in [2.05, 4.69) is 0 Å². The molecule has 1 nitrogen and oxygen atoms in total. The fraction of sp³-hybridized carbons (Fsp3) is 0.400. The zero-order valence-corrected chi connectivity index (χ0v) is 9.34. The quantitative estimate of drug-likeness (QED) is 0.773. The van der Waals surface area contributed by atoms with Gasteiger partial charge in [-0.3, -0.25) is 0 Å². The average molecular weight is 311 g/mol. The molecule has 0 heterocycles. The van der Waals surface area contributed by atoms with Crippen LogP contribution in [0.5, 0.6) is 0 Å². The molecule has 1 rings (SSSR count). The topological polar surface area (TPSA) is 26.0 Å². The van der Waals surface area contributed by atoms with Crippen LogP contribution >= 0.6 is 0 Å². The van der Waals surface area contributed by atoms with Crippen molar-refractivity contribution in [1.29, 1.82) is 0 Å². The van der Waals surface area contributed by atoms with E-state index in [0.717, 1.165) is 0 Å². The van der Waals surface area contributed by atoms with Crippen molar-refractivity contribution in [1.82, 2.24) is 0 Å². The van der Waals surface area contributed by atoms with Gasteiger partial charge in [0, 0.05) is 6.54 Å². The lowest BCUT2D eigenvalue weighted by atomic mass is 9.94. The minimum absolute atomic E-state index is 0.0553. The summed E-state index contributed by atoms with van der Waals surface area (Å²) in [5, 5.41) is 0. The van der Waals surface area contributed by atoms with E-state index >= 15 is 0 Å². The molecule has 0 fully saturated rings. The van der Waals surface area contributed by atoms with Crippen LogP contribution in [0.4, 0.5) is 39.5 Å². The van der Waals surface area contributed by atoms with Gasteiger partial charge in [-0.2, -0.15) is 39.5 Å². The molecule has 1 aromatic carbocycles. The molecule has 114 valence electrons. The van der Waals surface area contributed by atoms with Gasteiger partial charge in [-0.15, -0.1) is 0 Å². The normalized spacial score (nSPS) is 13.7. The molecule has 0 atom stereocenters. The third-order valence-corrected chi connectivity index (χ3v) is 2.38. The fourth-order valence-corrected chi connectivity index (χ4v) is 1.67. The van der Waals surface area contributed by atoms with Crippen molar-refractivity contribution in [3.63, 3.8) is 0 Å². The monoisotopic (exact) mass is 311 g/mol. The minimum Gasteiger partial charge on any atom is -0.326 e. The first kappa shape index (κ1) is 16.6. The Balaban J connectivity index is 3.87. The van der Waals surface area contributed by atoms with Crippen LogP contribution in [-0.4, -0.2) is 0 Å². The zero-order chi connectivity index (χ0) is 15.9. The van der Waals surface area contributed by atoms with E-state index in [1.807, 2.05) is 0 Å². The Morgan fingerprint density at radius 1 is 0.700 bits per heavy atom. The van der Waals surface area contributed by atoms with Crippen LogP contribution in [0, 0.1) is 0 Å². The summed E-state index contributed by atoms with van der Waals surface area (Å²) in [6, 6.07) is 0.237. The second-order valence-electron chi connectivity index (χ2n) is 3.72. The van der Waals surface area contributed by atoms with Crippen molar-refractivity contribution < 1.29 is 39.5 Å². The van der Waals surface area contributed by atoms with Crippen molar-refractivity contribution in [3.8, 4) is 0 Å². The predicted octanol–water partition coefficient (Wildman–Crippen LogP) is 4.20. The van der Waals surface area contributed by atoms with E-state index in [1.54, 1.807) is 0 Å². The summed E-state index contributed by atoms with van der Waals surface area (Å²) >= 11 is 0. The lowest BCUT2D eigenvalue weighted by molar-refractivity contribution is -0.175. The summed E-state index contributed by atoms with van der Waals surface area (Å²) in [6.07, 6.45) is -17.0. The van der Waals surface area contributed by atoms with Crippen LogP contribution in [0.25, 0.3) is 0 Å². The summed E-state index contributed by atoms with van der Waals surface area (Å²) in [6.45, 7) is -0.976. The SMILES string of the molecule is NCc1ccc(C(F)(F)F)c(C(F)(F)F)c1C(F)(F)F. The van der Waals surface area contributed by atoms with Crippen LogP contribution in [0.15, 0.2) is 12.1 Å². The molecule has 1 aromatic rings. The highest BCUT2D eigenvalue weighted by atomic mass is 19.4. The Bertz CT molecular complexity index is 495. The summed E-state index contributed by atoms with van der Waals surface area (Å²) < 4.78 is 113. The van der Waals surface area contributed by atoms with Crippen molar-refractivity contribution in [2.45, 2.75) is 25.1 Å².